The van der Waals surface area contributed by atoms with E-state index in [9.17, 15) is 9.90 Å². The molecule has 0 saturated carbocycles. The van der Waals surface area contributed by atoms with Gasteiger partial charge in [-0.05, 0) is 40.2 Å². The largest absolute Gasteiger partial charge is 0.506 e. The van der Waals surface area contributed by atoms with E-state index in [2.05, 4.69) is 26.6 Å². The van der Waals surface area contributed by atoms with Crippen LogP contribution in [0.4, 0.5) is 11.4 Å². The molecule has 2 aromatic rings. The lowest BCUT2D eigenvalue weighted by molar-refractivity contribution is -0.112. The third-order valence-corrected chi connectivity index (χ3v) is 3.45. The monoisotopic (exact) mass is 357 g/mol. The molecule has 110 valence electrons. The van der Waals surface area contributed by atoms with Crippen LogP contribution in [-0.4, -0.2) is 11.0 Å². The highest BCUT2D eigenvalue weighted by Gasteiger charge is 2.11. The highest BCUT2D eigenvalue weighted by Crippen LogP contribution is 2.23. The SMILES string of the molecule is N#C/C(=C/Nc1ccccc1Br)C(=O)Nc1ccccc1O. The van der Waals surface area contributed by atoms with Crippen LogP contribution in [-0.2, 0) is 4.79 Å². The summed E-state index contributed by atoms with van der Waals surface area (Å²) in [6, 6.07) is 15.4. The Morgan fingerprint density at radius 2 is 1.77 bits per heavy atom. The number of hydrogen-bond acceptors (Lipinski definition) is 4. The summed E-state index contributed by atoms with van der Waals surface area (Å²) in [5.74, 6) is -0.671. The molecule has 0 saturated heterocycles. The van der Waals surface area contributed by atoms with Gasteiger partial charge in [-0.25, -0.2) is 0 Å². The normalized spacial score (nSPS) is 10.6. The zero-order chi connectivity index (χ0) is 15.9. The lowest BCUT2D eigenvalue weighted by atomic mass is 10.2. The van der Waals surface area contributed by atoms with Gasteiger partial charge in [0.2, 0.25) is 0 Å². The maximum Gasteiger partial charge on any atom is 0.267 e. The Hall–Kier alpha value is -2.78. The van der Waals surface area contributed by atoms with Crippen LogP contribution in [0, 0.1) is 11.3 Å². The molecular formula is C16H12BrN3O2. The Kier molecular flexibility index (Phi) is 5.17. The van der Waals surface area contributed by atoms with Gasteiger partial charge in [0.25, 0.3) is 5.91 Å². The number of phenols is 1. The summed E-state index contributed by atoms with van der Waals surface area (Å²) in [5, 5.41) is 24.1. The first kappa shape index (κ1) is 15.6. The molecule has 5 nitrogen and oxygen atoms in total. The summed E-state index contributed by atoms with van der Waals surface area (Å²) in [7, 11) is 0. The molecule has 22 heavy (non-hydrogen) atoms. The maximum absolute atomic E-state index is 12.0. The fourth-order valence-corrected chi connectivity index (χ4v) is 2.05. The van der Waals surface area contributed by atoms with Crippen molar-refractivity contribution in [2.75, 3.05) is 10.6 Å². The zero-order valence-electron chi connectivity index (χ0n) is 11.4. The molecule has 6 heteroatoms. The lowest BCUT2D eigenvalue weighted by Crippen LogP contribution is -2.14. The molecule has 0 aliphatic carbocycles. The van der Waals surface area contributed by atoms with Gasteiger partial charge in [-0.1, -0.05) is 24.3 Å². The molecule has 0 bridgehead atoms. The molecule has 3 N–H and O–H groups in total. The summed E-state index contributed by atoms with van der Waals surface area (Å²) < 4.78 is 0.810. The molecule has 2 rings (SSSR count). The van der Waals surface area contributed by atoms with Crippen molar-refractivity contribution >= 4 is 33.2 Å². The molecule has 0 spiro atoms. The molecule has 0 fully saturated rings. The van der Waals surface area contributed by atoms with E-state index in [1.807, 2.05) is 24.3 Å². The van der Waals surface area contributed by atoms with Crippen LogP contribution in [0.25, 0.3) is 0 Å². The second kappa shape index (κ2) is 7.29. The van der Waals surface area contributed by atoms with E-state index in [-0.39, 0.29) is 17.0 Å². The number of aromatic hydroxyl groups is 1. The molecule has 2 aromatic carbocycles. The van der Waals surface area contributed by atoms with Crippen LogP contribution in [0.1, 0.15) is 0 Å². The second-order valence-corrected chi connectivity index (χ2v) is 5.12. The molecule has 0 heterocycles. The van der Waals surface area contributed by atoms with E-state index in [0.29, 0.717) is 0 Å². The fraction of sp³-hybridized carbons (Fsp3) is 0. The van der Waals surface area contributed by atoms with Gasteiger partial charge in [0, 0.05) is 10.7 Å². The Labute approximate surface area is 136 Å². The van der Waals surface area contributed by atoms with Crippen LogP contribution in [0.3, 0.4) is 0 Å². The predicted molar refractivity (Wildman–Crippen MR) is 88.2 cm³/mol. The minimum atomic E-state index is -0.608. The molecule has 0 unspecified atom stereocenters. The van der Waals surface area contributed by atoms with Gasteiger partial charge in [-0.2, -0.15) is 5.26 Å². The number of nitriles is 1. The number of nitrogens with one attached hydrogen (secondary N) is 2. The first-order valence-corrected chi connectivity index (χ1v) is 7.12. The smallest absolute Gasteiger partial charge is 0.267 e. The number of phenolic OH excluding ortho intramolecular Hbond substituents is 1. The molecule has 0 aliphatic rings. The van der Waals surface area contributed by atoms with Crippen LogP contribution in [0.2, 0.25) is 0 Å². The number of carbonyl (C=O) groups is 1. The fourth-order valence-electron chi connectivity index (χ4n) is 1.65. The Morgan fingerprint density at radius 3 is 2.41 bits per heavy atom. The topological polar surface area (TPSA) is 85.2 Å². The summed E-state index contributed by atoms with van der Waals surface area (Å²) in [6.45, 7) is 0. The van der Waals surface area contributed by atoms with Crippen molar-refractivity contribution in [1.29, 1.82) is 5.26 Å². The van der Waals surface area contributed by atoms with E-state index >= 15 is 0 Å². The molecule has 0 radical (unpaired) electrons. The summed E-state index contributed by atoms with van der Waals surface area (Å²) in [6.07, 6.45) is 1.31. The zero-order valence-corrected chi connectivity index (χ0v) is 13.0. The number of para-hydroxylation sites is 3. The van der Waals surface area contributed by atoms with Gasteiger partial charge in [0.1, 0.15) is 17.4 Å². The van der Waals surface area contributed by atoms with Crippen molar-refractivity contribution < 1.29 is 9.90 Å². The Balaban J connectivity index is 2.13. The lowest BCUT2D eigenvalue weighted by Gasteiger charge is -2.07. The van der Waals surface area contributed by atoms with Crippen molar-refractivity contribution in [3.05, 3.63) is 64.8 Å². The average Bonchev–Trinajstić information content (AvgIpc) is 2.52. The third kappa shape index (κ3) is 3.87. The van der Waals surface area contributed by atoms with Gasteiger partial charge in [0.15, 0.2) is 0 Å². The van der Waals surface area contributed by atoms with Gasteiger partial charge >= 0.3 is 0 Å². The highest BCUT2D eigenvalue weighted by atomic mass is 79.9. The maximum atomic E-state index is 12.0. The molecule has 0 aromatic heterocycles. The van der Waals surface area contributed by atoms with Gasteiger partial charge in [0.05, 0.1) is 11.4 Å². The number of benzene rings is 2. The Bertz CT molecular complexity index is 766. The van der Waals surface area contributed by atoms with E-state index in [1.54, 1.807) is 24.3 Å². The quantitative estimate of drug-likeness (QED) is 0.443. The standard InChI is InChI=1S/C16H12BrN3O2/c17-12-5-1-2-6-13(12)19-10-11(9-18)16(22)20-14-7-3-4-8-15(14)21/h1-8,10,19,21H,(H,20,22)/b11-10-. The number of amides is 1. The van der Waals surface area contributed by atoms with Gasteiger partial charge < -0.3 is 15.7 Å². The van der Waals surface area contributed by atoms with Crippen molar-refractivity contribution in [1.82, 2.24) is 0 Å². The number of hydrogen-bond donors (Lipinski definition) is 3. The molecule has 0 aliphatic heterocycles. The number of anilines is 2. The van der Waals surface area contributed by atoms with Crippen LogP contribution >= 0.6 is 15.9 Å². The van der Waals surface area contributed by atoms with Crippen LogP contribution in [0.5, 0.6) is 5.75 Å². The third-order valence-electron chi connectivity index (χ3n) is 2.76. The number of halogens is 1. The van der Waals surface area contributed by atoms with E-state index in [1.165, 1.54) is 12.3 Å². The minimum Gasteiger partial charge on any atom is -0.506 e. The number of carbonyl (C=O) groups excluding carboxylic acids is 1. The van der Waals surface area contributed by atoms with Crippen molar-refractivity contribution in [3.8, 4) is 11.8 Å². The first-order chi connectivity index (χ1) is 10.6. The first-order valence-electron chi connectivity index (χ1n) is 6.32. The molecule has 0 atom stereocenters. The second-order valence-electron chi connectivity index (χ2n) is 4.27. The average molecular weight is 358 g/mol. The van der Waals surface area contributed by atoms with E-state index in [4.69, 9.17) is 5.26 Å². The summed E-state index contributed by atoms with van der Waals surface area (Å²) >= 11 is 3.36. The van der Waals surface area contributed by atoms with Gasteiger partial charge in [-0.15, -0.1) is 0 Å². The van der Waals surface area contributed by atoms with E-state index in [0.717, 1.165) is 10.2 Å². The summed E-state index contributed by atoms with van der Waals surface area (Å²) in [5.41, 5.74) is 0.860. The van der Waals surface area contributed by atoms with Crippen LogP contribution < -0.4 is 10.6 Å². The van der Waals surface area contributed by atoms with Crippen LogP contribution in [0.15, 0.2) is 64.8 Å². The molecular weight excluding hydrogens is 346 g/mol. The Morgan fingerprint density at radius 1 is 1.14 bits per heavy atom. The number of rotatable bonds is 4. The molecule has 1 amide bonds. The number of nitrogens with zero attached hydrogens (tertiary/aromatic N) is 1. The minimum absolute atomic E-state index is 0.0631. The highest BCUT2D eigenvalue weighted by molar-refractivity contribution is 9.10. The van der Waals surface area contributed by atoms with Crippen molar-refractivity contribution in [3.63, 3.8) is 0 Å². The predicted octanol–water partition coefficient (Wildman–Crippen LogP) is 3.61. The van der Waals surface area contributed by atoms with Gasteiger partial charge in [-0.3, -0.25) is 4.79 Å². The summed E-state index contributed by atoms with van der Waals surface area (Å²) in [4.78, 5) is 12.0. The van der Waals surface area contributed by atoms with Crippen molar-refractivity contribution in [2.45, 2.75) is 0 Å². The van der Waals surface area contributed by atoms with E-state index < -0.39 is 5.91 Å². The van der Waals surface area contributed by atoms with Crippen molar-refractivity contribution in [2.24, 2.45) is 0 Å².